The molecule has 14 heavy (non-hydrogen) atoms. The number of alkyl halides is 1. The minimum absolute atomic E-state index is 0.254. The molecule has 2 rings (SSSR count). The van der Waals surface area contributed by atoms with Gasteiger partial charge in [-0.25, -0.2) is 0 Å². The highest BCUT2D eigenvalue weighted by molar-refractivity contribution is 6.24. The first kappa shape index (κ1) is 10.0. The van der Waals surface area contributed by atoms with Crippen molar-refractivity contribution in [2.75, 3.05) is 13.2 Å². The summed E-state index contributed by atoms with van der Waals surface area (Å²) < 4.78 is 5.14. The zero-order chi connectivity index (χ0) is 10.2. The summed E-state index contributed by atoms with van der Waals surface area (Å²) >= 11 is 6.34. The third kappa shape index (κ3) is 1.67. The summed E-state index contributed by atoms with van der Waals surface area (Å²) in [7, 11) is 0. The van der Waals surface area contributed by atoms with Crippen LogP contribution in [-0.4, -0.2) is 13.2 Å². The van der Waals surface area contributed by atoms with Gasteiger partial charge in [-0.1, -0.05) is 38.1 Å². The monoisotopic (exact) mass is 210 g/mol. The fraction of sp³-hybridized carbons (Fsp3) is 0.500. The largest absolute Gasteiger partial charge is 0.377 e. The number of halogens is 1. The summed E-state index contributed by atoms with van der Waals surface area (Å²) in [6, 6.07) is 8.54. The lowest BCUT2D eigenvalue weighted by Gasteiger charge is -2.36. The molecular weight excluding hydrogens is 196 g/mol. The standard InChI is InChI=1S/C12H15ClO/c1-9(2)10-3-5-11(6-4-10)12(13)7-14-8-12/h3-6,9H,7-8H2,1-2H3. The van der Waals surface area contributed by atoms with Crippen molar-refractivity contribution in [3.8, 4) is 0 Å². The molecule has 0 saturated carbocycles. The topological polar surface area (TPSA) is 9.23 Å². The molecule has 1 saturated heterocycles. The van der Waals surface area contributed by atoms with Crippen molar-refractivity contribution in [2.24, 2.45) is 0 Å². The fourth-order valence-corrected chi connectivity index (χ4v) is 1.89. The average molecular weight is 211 g/mol. The van der Waals surface area contributed by atoms with Crippen LogP contribution in [0.5, 0.6) is 0 Å². The van der Waals surface area contributed by atoms with Gasteiger partial charge < -0.3 is 4.74 Å². The molecule has 0 aliphatic carbocycles. The van der Waals surface area contributed by atoms with Crippen LogP contribution in [0.3, 0.4) is 0 Å². The van der Waals surface area contributed by atoms with Crippen LogP contribution in [0.4, 0.5) is 0 Å². The maximum Gasteiger partial charge on any atom is 0.116 e. The second kappa shape index (κ2) is 3.56. The molecule has 0 unspecified atom stereocenters. The first-order valence-corrected chi connectivity index (χ1v) is 5.37. The SMILES string of the molecule is CC(C)c1ccc(C2(Cl)COC2)cc1. The van der Waals surface area contributed by atoms with E-state index in [1.54, 1.807) is 0 Å². The summed E-state index contributed by atoms with van der Waals surface area (Å²) in [5.41, 5.74) is 2.53. The van der Waals surface area contributed by atoms with Gasteiger partial charge in [0.2, 0.25) is 0 Å². The molecule has 0 aromatic heterocycles. The minimum Gasteiger partial charge on any atom is -0.377 e. The van der Waals surface area contributed by atoms with Crippen LogP contribution in [0.2, 0.25) is 0 Å². The van der Waals surface area contributed by atoms with E-state index in [1.165, 1.54) is 11.1 Å². The molecule has 0 amide bonds. The first-order valence-electron chi connectivity index (χ1n) is 4.99. The summed E-state index contributed by atoms with van der Waals surface area (Å²) in [4.78, 5) is -0.254. The number of rotatable bonds is 2. The summed E-state index contributed by atoms with van der Waals surface area (Å²) in [5.74, 6) is 0.577. The van der Waals surface area contributed by atoms with Gasteiger partial charge in [-0.2, -0.15) is 0 Å². The Morgan fingerprint density at radius 2 is 1.79 bits per heavy atom. The van der Waals surface area contributed by atoms with Crippen molar-refractivity contribution in [2.45, 2.75) is 24.6 Å². The van der Waals surface area contributed by atoms with E-state index in [9.17, 15) is 0 Å². The zero-order valence-electron chi connectivity index (χ0n) is 8.59. The minimum atomic E-state index is -0.254. The van der Waals surface area contributed by atoms with Gasteiger partial charge in [0.25, 0.3) is 0 Å². The summed E-state index contributed by atoms with van der Waals surface area (Å²) in [6.45, 7) is 5.65. The molecule has 0 radical (unpaired) electrons. The Balaban J connectivity index is 2.21. The lowest BCUT2D eigenvalue weighted by Crippen LogP contribution is -2.41. The van der Waals surface area contributed by atoms with Crippen LogP contribution in [0.15, 0.2) is 24.3 Å². The molecule has 0 bridgehead atoms. The quantitative estimate of drug-likeness (QED) is 0.681. The van der Waals surface area contributed by atoms with E-state index >= 15 is 0 Å². The van der Waals surface area contributed by atoms with E-state index in [0.717, 1.165) is 0 Å². The lowest BCUT2D eigenvalue weighted by atomic mass is 9.93. The Bertz CT molecular complexity index is 312. The number of hydrogen-bond donors (Lipinski definition) is 0. The average Bonchev–Trinajstić information content (AvgIpc) is 2.14. The second-order valence-electron chi connectivity index (χ2n) is 4.23. The van der Waals surface area contributed by atoms with Crippen LogP contribution in [0.1, 0.15) is 30.9 Å². The first-order chi connectivity index (χ1) is 6.62. The molecule has 1 fully saturated rings. The van der Waals surface area contributed by atoms with Crippen molar-refractivity contribution in [3.05, 3.63) is 35.4 Å². The van der Waals surface area contributed by atoms with Crippen LogP contribution >= 0.6 is 11.6 Å². The van der Waals surface area contributed by atoms with Crippen LogP contribution in [0.25, 0.3) is 0 Å². The van der Waals surface area contributed by atoms with Gasteiger partial charge in [-0.15, -0.1) is 11.6 Å². The van der Waals surface area contributed by atoms with Crippen LogP contribution in [0, 0.1) is 0 Å². The maximum atomic E-state index is 6.34. The Kier molecular flexibility index (Phi) is 2.54. The number of benzene rings is 1. The molecule has 1 heterocycles. The van der Waals surface area contributed by atoms with Gasteiger partial charge in [0.1, 0.15) is 4.87 Å². The van der Waals surface area contributed by atoms with Crippen molar-refractivity contribution < 1.29 is 4.74 Å². The molecule has 0 spiro atoms. The van der Waals surface area contributed by atoms with E-state index < -0.39 is 0 Å². The second-order valence-corrected chi connectivity index (χ2v) is 4.96. The van der Waals surface area contributed by atoms with E-state index in [1.807, 2.05) is 0 Å². The molecule has 1 aromatic carbocycles. The molecule has 1 aromatic rings. The fourth-order valence-electron chi connectivity index (χ4n) is 1.61. The van der Waals surface area contributed by atoms with Crippen molar-refractivity contribution >= 4 is 11.6 Å². The number of hydrogen-bond acceptors (Lipinski definition) is 1. The predicted molar refractivity (Wildman–Crippen MR) is 58.9 cm³/mol. The molecule has 1 aliphatic heterocycles. The Labute approximate surface area is 90.0 Å². The van der Waals surface area contributed by atoms with Crippen molar-refractivity contribution in [1.82, 2.24) is 0 Å². The van der Waals surface area contributed by atoms with Gasteiger partial charge in [-0.05, 0) is 17.0 Å². The van der Waals surface area contributed by atoms with E-state index in [0.29, 0.717) is 19.1 Å². The Morgan fingerprint density at radius 1 is 1.21 bits per heavy atom. The van der Waals surface area contributed by atoms with Gasteiger partial charge in [0, 0.05) is 0 Å². The number of ether oxygens (including phenoxy) is 1. The maximum absolute atomic E-state index is 6.34. The van der Waals surface area contributed by atoms with Gasteiger partial charge in [0.15, 0.2) is 0 Å². The highest BCUT2D eigenvalue weighted by atomic mass is 35.5. The lowest BCUT2D eigenvalue weighted by molar-refractivity contribution is -0.0152. The van der Waals surface area contributed by atoms with Gasteiger partial charge in [0.05, 0.1) is 13.2 Å². The van der Waals surface area contributed by atoms with Crippen molar-refractivity contribution in [1.29, 1.82) is 0 Å². The molecular formula is C12H15ClO. The predicted octanol–water partition coefficient (Wildman–Crippen LogP) is 3.27. The normalized spacial score (nSPS) is 19.4. The molecule has 2 heteroatoms. The smallest absolute Gasteiger partial charge is 0.116 e. The highest BCUT2D eigenvalue weighted by Crippen LogP contribution is 2.36. The Hall–Kier alpha value is -0.530. The van der Waals surface area contributed by atoms with Crippen LogP contribution in [-0.2, 0) is 9.61 Å². The molecule has 0 atom stereocenters. The Morgan fingerprint density at radius 3 is 2.14 bits per heavy atom. The van der Waals surface area contributed by atoms with Crippen LogP contribution < -0.4 is 0 Å². The van der Waals surface area contributed by atoms with E-state index in [-0.39, 0.29) is 4.87 Å². The van der Waals surface area contributed by atoms with Gasteiger partial charge >= 0.3 is 0 Å². The van der Waals surface area contributed by atoms with Gasteiger partial charge in [-0.3, -0.25) is 0 Å². The molecule has 0 N–H and O–H groups in total. The highest BCUT2D eigenvalue weighted by Gasteiger charge is 2.37. The summed E-state index contributed by atoms with van der Waals surface area (Å²) in [6.07, 6.45) is 0. The third-order valence-electron chi connectivity index (χ3n) is 2.76. The van der Waals surface area contributed by atoms with Crippen molar-refractivity contribution in [3.63, 3.8) is 0 Å². The van der Waals surface area contributed by atoms with E-state index in [2.05, 4.69) is 38.1 Å². The molecule has 76 valence electrons. The summed E-state index contributed by atoms with van der Waals surface area (Å²) in [5, 5.41) is 0. The van der Waals surface area contributed by atoms with E-state index in [4.69, 9.17) is 16.3 Å². The molecule has 1 nitrogen and oxygen atoms in total. The third-order valence-corrected chi connectivity index (χ3v) is 3.19. The zero-order valence-corrected chi connectivity index (χ0v) is 9.34. The molecule has 1 aliphatic rings.